The highest BCUT2D eigenvalue weighted by molar-refractivity contribution is 7.98. The summed E-state index contributed by atoms with van der Waals surface area (Å²) in [7, 11) is 1.66. The Balaban J connectivity index is 0.00000220. The number of rotatable bonds is 5. The Labute approximate surface area is 136 Å². The van der Waals surface area contributed by atoms with Crippen LogP contribution >= 0.6 is 24.2 Å². The molecule has 1 amide bonds. The highest BCUT2D eigenvalue weighted by Gasteiger charge is 2.39. The molecule has 4 nitrogen and oxygen atoms in total. The molecule has 1 fully saturated rings. The maximum absolute atomic E-state index is 12.7. The van der Waals surface area contributed by atoms with Crippen LogP contribution in [0.25, 0.3) is 0 Å². The number of carbonyl (C=O) groups is 1. The van der Waals surface area contributed by atoms with Crippen molar-refractivity contribution >= 4 is 35.8 Å². The summed E-state index contributed by atoms with van der Waals surface area (Å²) in [5.41, 5.74) is 0.450. The van der Waals surface area contributed by atoms with Gasteiger partial charge < -0.3 is 15.4 Å². The number of methoxy groups -OCH3 is 1. The van der Waals surface area contributed by atoms with Crippen LogP contribution in [0.1, 0.15) is 12.8 Å². The molecule has 0 aliphatic carbocycles. The van der Waals surface area contributed by atoms with Crippen molar-refractivity contribution in [2.75, 3.05) is 38.4 Å². The standard InChI is InChI=1S/C15H22N2O2S.ClH/c1-19-11-15(6-8-16-9-7-15)14(18)17-12-4-3-5-13(10-12)20-2;/h3-5,10,16H,6-9,11H2,1-2H3,(H,17,18);1H. The second kappa shape index (κ2) is 8.63. The molecule has 1 heterocycles. The number of piperidine rings is 1. The molecule has 1 aromatic rings. The van der Waals surface area contributed by atoms with Gasteiger partial charge in [-0.05, 0) is 50.4 Å². The second-order valence-corrected chi connectivity index (χ2v) is 6.03. The Morgan fingerprint density at radius 2 is 2.14 bits per heavy atom. The van der Waals surface area contributed by atoms with Gasteiger partial charge in [0.15, 0.2) is 0 Å². The van der Waals surface area contributed by atoms with Gasteiger partial charge in [0.1, 0.15) is 0 Å². The van der Waals surface area contributed by atoms with Gasteiger partial charge in [0.25, 0.3) is 0 Å². The van der Waals surface area contributed by atoms with Crippen LogP contribution in [-0.4, -0.2) is 39.0 Å². The van der Waals surface area contributed by atoms with Crippen LogP contribution in [0.2, 0.25) is 0 Å². The van der Waals surface area contributed by atoms with Gasteiger partial charge in [-0.3, -0.25) is 4.79 Å². The van der Waals surface area contributed by atoms with E-state index in [9.17, 15) is 4.79 Å². The summed E-state index contributed by atoms with van der Waals surface area (Å²) in [6.07, 6.45) is 3.66. The number of ether oxygens (including phenoxy) is 1. The quantitative estimate of drug-likeness (QED) is 0.815. The lowest BCUT2D eigenvalue weighted by Gasteiger charge is -2.35. The van der Waals surface area contributed by atoms with Crippen molar-refractivity contribution in [1.29, 1.82) is 0 Å². The molecule has 2 N–H and O–H groups in total. The van der Waals surface area contributed by atoms with Crippen molar-refractivity contribution in [3.05, 3.63) is 24.3 Å². The molecule has 1 aliphatic heterocycles. The normalized spacial score (nSPS) is 16.9. The SMILES string of the molecule is COCC1(C(=O)Nc2cccc(SC)c2)CCNCC1.Cl. The number of benzene rings is 1. The molecule has 1 saturated heterocycles. The zero-order valence-corrected chi connectivity index (χ0v) is 14.1. The number of nitrogens with one attached hydrogen (secondary N) is 2. The molecular formula is C15H23ClN2O2S. The van der Waals surface area contributed by atoms with Crippen LogP contribution in [0.3, 0.4) is 0 Å². The molecule has 1 aliphatic rings. The van der Waals surface area contributed by atoms with E-state index in [1.165, 1.54) is 0 Å². The van der Waals surface area contributed by atoms with Crippen molar-refractivity contribution in [2.45, 2.75) is 17.7 Å². The smallest absolute Gasteiger partial charge is 0.233 e. The minimum atomic E-state index is -0.407. The molecule has 0 bridgehead atoms. The third-order valence-corrected chi connectivity index (χ3v) is 4.52. The summed E-state index contributed by atoms with van der Waals surface area (Å²) in [5.74, 6) is 0.0686. The molecular weight excluding hydrogens is 308 g/mol. The first-order valence-electron chi connectivity index (χ1n) is 6.85. The van der Waals surface area contributed by atoms with Crippen LogP contribution in [-0.2, 0) is 9.53 Å². The van der Waals surface area contributed by atoms with Gasteiger partial charge in [-0.15, -0.1) is 24.2 Å². The molecule has 0 unspecified atom stereocenters. The third-order valence-electron chi connectivity index (χ3n) is 3.79. The number of thioether (sulfide) groups is 1. The van der Waals surface area contributed by atoms with E-state index in [1.54, 1.807) is 18.9 Å². The summed E-state index contributed by atoms with van der Waals surface area (Å²) >= 11 is 1.67. The fourth-order valence-electron chi connectivity index (χ4n) is 2.58. The van der Waals surface area contributed by atoms with Gasteiger partial charge in [0, 0.05) is 17.7 Å². The van der Waals surface area contributed by atoms with E-state index in [2.05, 4.69) is 10.6 Å². The zero-order valence-electron chi connectivity index (χ0n) is 12.5. The van der Waals surface area contributed by atoms with Gasteiger partial charge in [-0.1, -0.05) is 6.07 Å². The number of anilines is 1. The van der Waals surface area contributed by atoms with E-state index >= 15 is 0 Å². The Bertz CT molecular complexity index is 459. The average Bonchev–Trinajstić information content (AvgIpc) is 2.48. The summed E-state index contributed by atoms with van der Waals surface area (Å²) in [6.45, 7) is 2.20. The molecule has 0 saturated carbocycles. The maximum Gasteiger partial charge on any atom is 0.233 e. The molecule has 118 valence electrons. The number of hydrogen-bond donors (Lipinski definition) is 2. The zero-order chi connectivity index (χ0) is 14.4. The fraction of sp³-hybridized carbons (Fsp3) is 0.533. The monoisotopic (exact) mass is 330 g/mol. The molecule has 1 aromatic carbocycles. The van der Waals surface area contributed by atoms with Crippen LogP contribution in [0, 0.1) is 5.41 Å². The van der Waals surface area contributed by atoms with Crippen LogP contribution in [0.15, 0.2) is 29.2 Å². The minimum absolute atomic E-state index is 0. The topological polar surface area (TPSA) is 50.4 Å². The molecule has 2 rings (SSSR count). The van der Waals surface area contributed by atoms with Gasteiger partial charge in [0.05, 0.1) is 12.0 Å². The lowest BCUT2D eigenvalue weighted by molar-refractivity contribution is -0.130. The highest BCUT2D eigenvalue weighted by Crippen LogP contribution is 2.31. The van der Waals surface area contributed by atoms with E-state index < -0.39 is 5.41 Å². The number of carbonyl (C=O) groups excluding carboxylic acids is 1. The van der Waals surface area contributed by atoms with Crippen molar-refractivity contribution < 1.29 is 9.53 Å². The van der Waals surface area contributed by atoms with Gasteiger partial charge >= 0.3 is 0 Å². The van der Waals surface area contributed by atoms with Crippen molar-refractivity contribution in [1.82, 2.24) is 5.32 Å². The summed E-state index contributed by atoms with van der Waals surface area (Å²) in [6, 6.07) is 7.94. The van der Waals surface area contributed by atoms with Gasteiger partial charge in [-0.25, -0.2) is 0 Å². The van der Waals surface area contributed by atoms with E-state index in [-0.39, 0.29) is 18.3 Å². The predicted molar refractivity (Wildman–Crippen MR) is 90.5 cm³/mol. The van der Waals surface area contributed by atoms with Crippen LogP contribution < -0.4 is 10.6 Å². The highest BCUT2D eigenvalue weighted by atomic mass is 35.5. The molecule has 0 radical (unpaired) electrons. The molecule has 0 atom stereocenters. The van der Waals surface area contributed by atoms with E-state index in [1.807, 2.05) is 30.5 Å². The lowest BCUT2D eigenvalue weighted by Crippen LogP contribution is -2.47. The molecule has 0 spiro atoms. The van der Waals surface area contributed by atoms with Gasteiger partial charge in [0.2, 0.25) is 5.91 Å². The first-order valence-corrected chi connectivity index (χ1v) is 8.08. The van der Waals surface area contributed by atoms with Crippen LogP contribution in [0.4, 0.5) is 5.69 Å². The number of amides is 1. The summed E-state index contributed by atoms with van der Waals surface area (Å²) in [5, 5.41) is 6.35. The average molecular weight is 331 g/mol. The van der Waals surface area contributed by atoms with E-state index in [0.717, 1.165) is 36.5 Å². The maximum atomic E-state index is 12.7. The Morgan fingerprint density at radius 1 is 1.43 bits per heavy atom. The summed E-state index contributed by atoms with van der Waals surface area (Å²) in [4.78, 5) is 13.8. The van der Waals surface area contributed by atoms with Crippen molar-refractivity contribution in [3.63, 3.8) is 0 Å². The van der Waals surface area contributed by atoms with Crippen LogP contribution in [0.5, 0.6) is 0 Å². The second-order valence-electron chi connectivity index (χ2n) is 5.15. The minimum Gasteiger partial charge on any atom is -0.384 e. The first-order chi connectivity index (χ1) is 9.70. The van der Waals surface area contributed by atoms with Crippen molar-refractivity contribution in [2.24, 2.45) is 5.41 Å². The third kappa shape index (κ3) is 4.61. The lowest BCUT2D eigenvalue weighted by atomic mass is 9.78. The summed E-state index contributed by atoms with van der Waals surface area (Å²) < 4.78 is 5.30. The predicted octanol–water partition coefficient (Wildman–Crippen LogP) is 2.79. The largest absolute Gasteiger partial charge is 0.384 e. The number of hydrogen-bond acceptors (Lipinski definition) is 4. The molecule has 0 aromatic heterocycles. The van der Waals surface area contributed by atoms with Crippen molar-refractivity contribution in [3.8, 4) is 0 Å². The Kier molecular flexibility index (Phi) is 7.52. The Hall–Kier alpha value is -0.750. The van der Waals surface area contributed by atoms with E-state index in [4.69, 9.17) is 4.74 Å². The van der Waals surface area contributed by atoms with E-state index in [0.29, 0.717) is 6.61 Å². The fourth-order valence-corrected chi connectivity index (χ4v) is 3.04. The Morgan fingerprint density at radius 3 is 2.76 bits per heavy atom. The first kappa shape index (κ1) is 18.3. The molecule has 21 heavy (non-hydrogen) atoms. The molecule has 6 heteroatoms. The number of halogens is 1. The van der Waals surface area contributed by atoms with Gasteiger partial charge in [-0.2, -0.15) is 0 Å².